The number of piperidine rings is 1. The minimum absolute atomic E-state index is 0.144. The second-order valence-electron chi connectivity index (χ2n) is 6.76. The lowest BCUT2D eigenvalue weighted by Crippen LogP contribution is -2.51. The van der Waals surface area contributed by atoms with Crippen LogP contribution in [0.25, 0.3) is 0 Å². The Morgan fingerprint density at radius 1 is 1.23 bits per heavy atom. The van der Waals surface area contributed by atoms with Crippen LogP contribution in [0.2, 0.25) is 0 Å². The van der Waals surface area contributed by atoms with Crippen molar-refractivity contribution < 1.29 is 27.5 Å². The normalized spacial score (nSPS) is 17.5. The molecular formula is C18H24F4N2O2. The van der Waals surface area contributed by atoms with Gasteiger partial charge in [0, 0.05) is 18.8 Å². The summed E-state index contributed by atoms with van der Waals surface area (Å²) in [7, 11) is 0. The van der Waals surface area contributed by atoms with E-state index in [1.165, 1.54) is 4.90 Å². The van der Waals surface area contributed by atoms with E-state index in [0.717, 1.165) is 18.9 Å². The minimum atomic E-state index is -4.70. The standard InChI is InChI=1S/C18H24F4N2O2/c1-3-12(4-2)17(26)5-7-24(8-6-17)16(25)23-15-10-13(18(20,21)22)9-14(19)11-15/h9-12,26H,3-8H2,1-2H3,(H,23,25). The molecule has 1 fully saturated rings. The molecule has 8 heteroatoms. The molecule has 0 aromatic heterocycles. The first kappa shape index (κ1) is 20.5. The number of benzene rings is 1. The van der Waals surface area contributed by atoms with Gasteiger partial charge in [-0.05, 0) is 37.0 Å². The zero-order chi connectivity index (χ0) is 19.5. The summed E-state index contributed by atoms with van der Waals surface area (Å²) in [5, 5.41) is 13.1. The van der Waals surface area contributed by atoms with Crippen molar-refractivity contribution in [1.29, 1.82) is 0 Å². The molecule has 0 aliphatic carbocycles. The molecule has 2 N–H and O–H groups in total. The zero-order valence-electron chi connectivity index (χ0n) is 14.9. The molecular weight excluding hydrogens is 352 g/mol. The van der Waals surface area contributed by atoms with Gasteiger partial charge in [-0.1, -0.05) is 26.7 Å². The molecule has 2 amide bonds. The van der Waals surface area contributed by atoms with Gasteiger partial charge in [0.1, 0.15) is 5.82 Å². The summed E-state index contributed by atoms with van der Waals surface area (Å²) in [6, 6.07) is 1.32. The number of urea groups is 1. The van der Waals surface area contributed by atoms with Crippen molar-refractivity contribution in [3.05, 3.63) is 29.6 Å². The Morgan fingerprint density at radius 2 is 1.81 bits per heavy atom. The molecule has 4 nitrogen and oxygen atoms in total. The smallest absolute Gasteiger partial charge is 0.389 e. The van der Waals surface area contributed by atoms with Gasteiger partial charge in [-0.3, -0.25) is 0 Å². The van der Waals surface area contributed by atoms with E-state index in [1.54, 1.807) is 0 Å². The lowest BCUT2D eigenvalue weighted by atomic mass is 9.77. The number of likely N-dealkylation sites (tertiary alicyclic amines) is 1. The number of nitrogens with one attached hydrogen (secondary N) is 1. The maximum atomic E-state index is 13.4. The van der Waals surface area contributed by atoms with Gasteiger partial charge in [-0.2, -0.15) is 13.2 Å². The minimum Gasteiger partial charge on any atom is -0.389 e. The molecule has 2 rings (SSSR count). The highest BCUT2D eigenvalue weighted by Crippen LogP contribution is 2.34. The zero-order valence-corrected chi connectivity index (χ0v) is 14.9. The van der Waals surface area contributed by atoms with Gasteiger partial charge in [0.25, 0.3) is 0 Å². The fourth-order valence-corrected chi connectivity index (χ4v) is 3.58. The van der Waals surface area contributed by atoms with Crippen molar-refractivity contribution in [2.75, 3.05) is 18.4 Å². The Balaban J connectivity index is 2.03. The number of aliphatic hydroxyl groups is 1. The monoisotopic (exact) mass is 376 g/mol. The van der Waals surface area contributed by atoms with E-state index in [-0.39, 0.29) is 11.6 Å². The number of rotatable bonds is 4. The van der Waals surface area contributed by atoms with E-state index in [1.807, 2.05) is 13.8 Å². The summed E-state index contributed by atoms with van der Waals surface area (Å²) in [6.45, 7) is 4.60. The molecule has 146 valence electrons. The molecule has 0 radical (unpaired) electrons. The summed E-state index contributed by atoms with van der Waals surface area (Å²) in [6.07, 6.45) is -2.21. The van der Waals surface area contributed by atoms with Crippen molar-refractivity contribution in [2.24, 2.45) is 5.92 Å². The van der Waals surface area contributed by atoms with Gasteiger partial charge in [0.15, 0.2) is 0 Å². The van der Waals surface area contributed by atoms with Crippen LogP contribution in [0.5, 0.6) is 0 Å². The number of hydrogen-bond acceptors (Lipinski definition) is 2. The van der Waals surface area contributed by atoms with Crippen molar-refractivity contribution in [2.45, 2.75) is 51.3 Å². The first-order valence-corrected chi connectivity index (χ1v) is 8.75. The summed E-state index contributed by atoms with van der Waals surface area (Å²) in [5.41, 5.74) is -2.24. The predicted octanol–water partition coefficient (Wildman–Crippen LogP) is 4.64. The number of amides is 2. The summed E-state index contributed by atoms with van der Waals surface area (Å²) < 4.78 is 51.7. The van der Waals surface area contributed by atoms with Crippen LogP contribution in [0.15, 0.2) is 18.2 Å². The highest BCUT2D eigenvalue weighted by atomic mass is 19.4. The third kappa shape index (κ3) is 4.66. The Morgan fingerprint density at radius 3 is 2.31 bits per heavy atom. The first-order chi connectivity index (χ1) is 12.1. The molecule has 1 aromatic rings. The molecule has 0 bridgehead atoms. The average Bonchev–Trinajstić information content (AvgIpc) is 2.55. The summed E-state index contributed by atoms with van der Waals surface area (Å²) in [5.74, 6) is -0.929. The number of alkyl halides is 3. The van der Waals surface area contributed by atoms with Crippen molar-refractivity contribution in [3.8, 4) is 0 Å². The second kappa shape index (κ2) is 7.82. The average molecular weight is 376 g/mol. The Hall–Kier alpha value is -1.83. The molecule has 1 saturated heterocycles. The first-order valence-electron chi connectivity index (χ1n) is 8.75. The van der Waals surface area contributed by atoms with Gasteiger partial charge in [-0.25, -0.2) is 9.18 Å². The quantitative estimate of drug-likeness (QED) is 0.752. The molecule has 1 aliphatic rings. The van der Waals surface area contributed by atoms with Crippen molar-refractivity contribution in [1.82, 2.24) is 4.90 Å². The molecule has 0 unspecified atom stereocenters. The van der Waals surface area contributed by atoms with Gasteiger partial charge < -0.3 is 15.3 Å². The van der Waals surface area contributed by atoms with E-state index < -0.39 is 29.2 Å². The SMILES string of the molecule is CCC(CC)C1(O)CCN(C(=O)Nc2cc(F)cc(C(F)(F)F)c2)CC1. The molecule has 1 heterocycles. The highest BCUT2D eigenvalue weighted by molar-refractivity contribution is 5.89. The molecule has 0 spiro atoms. The highest BCUT2D eigenvalue weighted by Gasteiger charge is 2.39. The molecule has 26 heavy (non-hydrogen) atoms. The van der Waals surface area contributed by atoms with Crippen molar-refractivity contribution >= 4 is 11.7 Å². The fourth-order valence-electron chi connectivity index (χ4n) is 3.58. The van der Waals surface area contributed by atoms with Crippen LogP contribution in [-0.4, -0.2) is 34.7 Å². The molecule has 0 atom stereocenters. The Kier molecular flexibility index (Phi) is 6.16. The van der Waals surface area contributed by atoms with Crippen LogP contribution in [0.4, 0.5) is 28.0 Å². The largest absolute Gasteiger partial charge is 0.416 e. The van der Waals surface area contributed by atoms with E-state index in [0.29, 0.717) is 38.1 Å². The fraction of sp³-hybridized carbons (Fsp3) is 0.611. The van der Waals surface area contributed by atoms with E-state index >= 15 is 0 Å². The van der Waals surface area contributed by atoms with Gasteiger partial charge in [0.05, 0.1) is 11.2 Å². The maximum Gasteiger partial charge on any atom is 0.416 e. The number of carbonyl (C=O) groups is 1. The number of hydrogen-bond donors (Lipinski definition) is 2. The maximum absolute atomic E-state index is 13.4. The van der Waals surface area contributed by atoms with E-state index in [4.69, 9.17) is 0 Å². The lowest BCUT2D eigenvalue weighted by Gasteiger charge is -2.42. The predicted molar refractivity (Wildman–Crippen MR) is 90.2 cm³/mol. The number of anilines is 1. The van der Waals surface area contributed by atoms with Crippen LogP contribution in [-0.2, 0) is 6.18 Å². The topological polar surface area (TPSA) is 52.6 Å². The van der Waals surface area contributed by atoms with Gasteiger partial charge >= 0.3 is 12.2 Å². The van der Waals surface area contributed by atoms with E-state index in [2.05, 4.69) is 5.32 Å². The van der Waals surface area contributed by atoms with Gasteiger partial charge in [-0.15, -0.1) is 0 Å². The second-order valence-corrected chi connectivity index (χ2v) is 6.76. The molecule has 1 aromatic carbocycles. The number of halogens is 4. The number of nitrogens with zero attached hydrogens (tertiary/aromatic N) is 1. The third-order valence-electron chi connectivity index (χ3n) is 5.14. The van der Waals surface area contributed by atoms with Crippen LogP contribution in [0.1, 0.15) is 45.1 Å². The van der Waals surface area contributed by atoms with Gasteiger partial charge in [0.2, 0.25) is 0 Å². The Labute approximate surface area is 150 Å². The van der Waals surface area contributed by atoms with Crippen molar-refractivity contribution in [3.63, 3.8) is 0 Å². The van der Waals surface area contributed by atoms with Crippen LogP contribution in [0.3, 0.4) is 0 Å². The van der Waals surface area contributed by atoms with Crippen LogP contribution in [0, 0.1) is 11.7 Å². The summed E-state index contributed by atoms with van der Waals surface area (Å²) in [4.78, 5) is 13.7. The lowest BCUT2D eigenvalue weighted by molar-refractivity contribution is -0.137. The molecule has 1 aliphatic heterocycles. The Bertz CT molecular complexity index is 637. The number of carbonyl (C=O) groups excluding carboxylic acids is 1. The van der Waals surface area contributed by atoms with Crippen LogP contribution >= 0.6 is 0 Å². The van der Waals surface area contributed by atoms with E-state index in [9.17, 15) is 27.5 Å². The third-order valence-corrected chi connectivity index (χ3v) is 5.14. The summed E-state index contributed by atoms with van der Waals surface area (Å²) >= 11 is 0. The van der Waals surface area contributed by atoms with Crippen LogP contribution < -0.4 is 5.32 Å². The molecule has 0 saturated carbocycles.